The Kier molecular flexibility index (Phi) is 4.55. The highest BCUT2D eigenvalue weighted by Crippen LogP contribution is 2.29. The van der Waals surface area contributed by atoms with Crippen molar-refractivity contribution in [2.45, 2.75) is 26.4 Å². The van der Waals surface area contributed by atoms with Crippen LogP contribution in [0.2, 0.25) is 0 Å². The van der Waals surface area contributed by atoms with Crippen LogP contribution in [-0.4, -0.2) is 5.11 Å². The second-order valence-electron chi connectivity index (χ2n) is 4.85. The molecule has 0 fully saturated rings. The van der Waals surface area contributed by atoms with Crippen molar-refractivity contribution < 1.29 is 13.9 Å². The van der Waals surface area contributed by atoms with Gasteiger partial charge in [-0.15, -0.1) is 0 Å². The summed E-state index contributed by atoms with van der Waals surface area (Å²) in [5.74, 6) is -1.30. The molecule has 2 aromatic rings. The van der Waals surface area contributed by atoms with Crippen LogP contribution < -0.4 is 0 Å². The predicted octanol–water partition coefficient (Wildman–Crippen LogP) is 4.62. The molecule has 0 spiro atoms. The van der Waals surface area contributed by atoms with Gasteiger partial charge in [-0.2, -0.15) is 0 Å². The lowest BCUT2D eigenvalue weighted by atomic mass is 9.93. The number of aryl methyl sites for hydroxylation is 2. The third-order valence-electron chi connectivity index (χ3n) is 3.41. The van der Waals surface area contributed by atoms with Crippen molar-refractivity contribution in [3.05, 3.63) is 68.7 Å². The van der Waals surface area contributed by atoms with Gasteiger partial charge >= 0.3 is 0 Å². The molecule has 0 aliphatic rings. The van der Waals surface area contributed by atoms with Crippen molar-refractivity contribution >= 4 is 15.9 Å². The highest BCUT2D eigenvalue weighted by molar-refractivity contribution is 9.10. The van der Waals surface area contributed by atoms with Crippen LogP contribution in [-0.2, 0) is 6.42 Å². The van der Waals surface area contributed by atoms with Gasteiger partial charge in [-0.25, -0.2) is 8.78 Å². The zero-order valence-electron chi connectivity index (χ0n) is 11.3. The molecule has 1 unspecified atom stereocenters. The average molecular weight is 341 g/mol. The second kappa shape index (κ2) is 6.02. The van der Waals surface area contributed by atoms with Crippen LogP contribution in [0.25, 0.3) is 0 Å². The van der Waals surface area contributed by atoms with Gasteiger partial charge in [-0.05, 0) is 58.6 Å². The molecule has 1 N–H and O–H groups in total. The van der Waals surface area contributed by atoms with E-state index in [4.69, 9.17) is 0 Å². The third kappa shape index (κ3) is 2.91. The predicted molar refractivity (Wildman–Crippen MR) is 78.6 cm³/mol. The maximum atomic E-state index is 13.9. The van der Waals surface area contributed by atoms with Gasteiger partial charge in [0.15, 0.2) is 0 Å². The van der Waals surface area contributed by atoms with Crippen molar-refractivity contribution in [2.75, 3.05) is 0 Å². The molecular weight excluding hydrogens is 326 g/mol. The minimum Gasteiger partial charge on any atom is -0.388 e. The van der Waals surface area contributed by atoms with Gasteiger partial charge in [-0.3, -0.25) is 0 Å². The minimum atomic E-state index is -0.936. The lowest BCUT2D eigenvalue weighted by Gasteiger charge is -2.17. The molecule has 2 aromatic carbocycles. The van der Waals surface area contributed by atoms with Crippen molar-refractivity contribution in [3.8, 4) is 0 Å². The fourth-order valence-electron chi connectivity index (χ4n) is 2.40. The Labute approximate surface area is 125 Å². The molecule has 0 aromatic heterocycles. The lowest BCUT2D eigenvalue weighted by molar-refractivity contribution is 0.174. The van der Waals surface area contributed by atoms with Crippen LogP contribution in [0.5, 0.6) is 0 Å². The maximum Gasteiger partial charge on any atom is 0.143 e. The molecule has 0 aliphatic carbocycles. The summed E-state index contributed by atoms with van der Waals surface area (Å²) < 4.78 is 27.9. The summed E-state index contributed by atoms with van der Waals surface area (Å²) >= 11 is 3.03. The van der Waals surface area contributed by atoms with Crippen LogP contribution >= 0.6 is 15.9 Å². The first kappa shape index (κ1) is 15.1. The van der Waals surface area contributed by atoms with Gasteiger partial charge in [0, 0.05) is 12.0 Å². The second-order valence-corrected chi connectivity index (χ2v) is 5.70. The first-order valence-corrected chi connectivity index (χ1v) is 7.07. The van der Waals surface area contributed by atoms with Crippen molar-refractivity contribution in [3.63, 3.8) is 0 Å². The van der Waals surface area contributed by atoms with Crippen molar-refractivity contribution in [1.29, 1.82) is 0 Å². The lowest BCUT2D eigenvalue weighted by Crippen LogP contribution is -2.09. The molecule has 0 bridgehead atoms. The molecular formula is C16H15BrF2O. The smallest absolute Gasteiger partial charge is 0.143 e. The van der Waals surface area contributed by atoms with Crippen molar-refractivity contribution in [1.82, 2.24) is 0 Å². The highest BCUT2D eigenvalue weighted by Gasteiger charge is 2.19. The average Bonchev–Trinajstić information content (AvgIpc) is 2.39. The summed E-state index contributed by atoms with van der Waals surface area (Å²) in [6, 6.07) is 8.15. The van der Waals surface area contributed by atoms with E-state index in [1.54, 1.807) is 0 Å². The maximum absolute atomic E-state index is 13.9. The Morgan fingerprint density at radius 2 is 1.70 bits per heavy atom. The van der Waals surface area contributed by atoms with E-state index in [1.165, 1.54) is 12.1 Å². The molecule has 0 saturated heterocycles. The molecule has 1 nitrogen and oxygen atoms in total. The Hall–Kier alpha value is -1.26. The molecule has 0 saturated carbocycles. The van der Waals surface area contributed by atoms with E-state index < -0.39 is 17.7 Å². The minimum absolute atomic E-state index is 0.0944. The van der Waals surface area contributed by atoms with Crippen LogP contribution in [0.4, 0.5) is 8.78 Å². The molecule has 0 aliphatic heterocycles. The molecule has 0 radical (unpaired) electrons. The molecule has 2 rings (SSSR count). The Balaban J connectivity index is 2.38. The van der Waals surface area contributed by atoms with Gasteiger partial charge in [0.25, 0.3) is 0 Å². The summed E-state index contributed by atoms with van der Waals surface area (Å²) in [7, 11) is 0. The molecule has 20 heavy (non-hydrogen) atoms. The SMILES string of the molecule is Cc1cccc(C)c1C(O)Cc1c(F)ccc(Br)c1F. The number of aliphatic hydroxyl groups is 1. The largest absolute Gasteiger partial charge is 0.388 e. The zero-order valence-corrected chi connectivity index (χ0v) is 12.8. The number of rotatable bonds is 3. The topological polar surface area (TPSA) is 20.2 Å². The van der Waals surface area contributed by atoms with E-state index in [-0.39, 0.29) is 16.5 Å². The van der Waals surface area contributed by atoms with Crippen LogP contribution in [0, 0.1) is 25.5 Å². The van der Waals surface area contributed by atoms with E-state index in [1.807, 2.05) is 32.0 Å². The zero-order chi connectivity index (χ0) is 14.9. The Morgan fingerprint density at radius 1 is 1.10 bits per heavy atom. The Morgan fingerprint density at radius 3 is 2.30 bits per heavy atom. The summed E-state index contributed by atoms with van der Waals surface area (Å²) in [6.07, 6.45) is -1.03. The number of hydrogen-bond donors (Lipinski definition) is 1. The fraction of sp³-hybridized carbons (Fsp3) is 0.250. The normalized spacial score (nSPS) is 12.5. The van der Waals surface area contributed by atoms with Crippen LogP contribution in [0.3, 0.4) is 0 Å². The van der Waals surface area contributed by atoms with E-state index in [0.717, 1.165) is 16.7 Å². The van der Waals surface area contributed by atoms with E-state index in [2.05, 4.69) is 15.9 Å². The van der Waals surface area contributed by atoms with E-state index >= 15 is 0 Å². The first-order chi connectivity index (χ1) is 9.41. The number of halogens is 3. The highest BCUT2D eigenvalue weighted by atomic mass is 79.9. The standard InChI is InChI=1S/C16H15BrF2O/c1-9-4-3-5-10(2)15(9)14(20)8-11-13(18)7-6-12(17)16(11)19/h3-7,14,20H,8H2,1-2H3. The summed E-state index contributed by atoms with van der Waals surface area (Å²) in [4.78, 5) is 0. The van der Waals surface area contributed by atoms with Gasteiger partial charge in [0.05, 0.1) is 10.6 Å². The van der Waals surface area contributed by atoms with Crippen LogP contribution in [0.1, 0.15) is 28.4 Å². The molecule has 0 heterocycles. The molecule has 106 valence electrons. The Bertz CT molecular complexity index is 620. The van der Waals surface area contributed by atoms with E-state index in [0.29, 0.717) is 0 Å². The van der Waals surface area contributed by atoms with E-state index in [9.17, 15) is 13.9 Å². The number of aliphatic hydroxyl groups excluding tert-OH is 1. The summed E-state index contributed by atoms with van der Waals surface area (Å²) in [6.45, 7) is 3.75. The number of hydrogen-bond acceptors (Lipinski definition) is 1. The van der Waals surface area contributed by atoms with Crippen LogP contribution in [0.15, 0.2) is 34.8 Å². The fourth-order valence-corrected chi connectivity index (χ4v) is 2.78. The van der Waals surface area contributed by atoms with Gasteiger partial charge in [0.1, 0.15) is 11.6 Å². The molecule has 1 atom stereocenters. The summed E-state index contributed by atoms with van der Waals surface area (Å²) in [5.41, 5.74) is 2.45. The van der Waals surface area contributed by atoms with Gasteiger partial charge in [0.2, 0.25) is 0 Å². The van der Waals surface area contributed by atoms with Crippen molar-refractivity contribution in [2.24, 2.45) is 0 Å². The summed E-state index contributed by atoms with van der Waals surface area (Å²) in [5, 5.41) is 10.3. The quantitative estimate of drug-likeness (QED) is 0.808. The monoisotopic (exact) mass is 340 g/mol. The number of benzene rings is 2. The van der Waals surface area contributed by atoms with Gasteiger partial charge in [-0.1, -0.05) is 18.2 Å². The molecule has 4 heteroatoms. The molecule has 0 amide bonds. The van der Waals surface area contributed by atoms with Gasteiger partial charge < -0.3 is 5.11 Å². The first-order valence-electron chi connectivity index (χ1n) is 6.28. The third-order valence-corrected chi connectivity index (χ3v) is 4.02.